The van der Waals surface area contributed by atoms with Gasteiger partial charge < -0.3 is 5.32 Å². The molecule has 0 saturated carbocycles. The third kappa shape index (κ3) is 3.11. The second kappa shape index (κ2) is 6.25. The number of benzene rings is 2. The minimum atomic E-state index is -0.627. The van der Waals surface area contributed by atoms with Crippen molar-refractivity contribution in [2.24, 2.45) is 0 Å². The summed E-state index contributed by atoms with van der Waals surface area (Å²) in [6, 6.07) is 11.3. The Hall–Kier alpha value is -1.58. The molecule has 0 aliphatic rings. The lowest BCUT2D eigenvalue weighted by atomic mass is 10.1. The Morgan fingerprint density at radius 3 is 2.60 bits per heavy atom. The molecule has 0 fully saturated rings. The molecule has 1 N–H and O–H groups in total. The number of nitrogens with one attached hydrogen (secondary N) is 1. The number of para-hydroxylation sites is 1. The molecule has 2 aromatic rings. The third-order valence-electron chi connectivity index (χ3n) is 2.83. The maximum Gasteiger partial charge on any atom is 0.257 e. The number of anilines is 1. The van der Waals surface area contributed by atoms with Crippen LogP contribution in [0.2, 0.25) is 5.02 Å². The molecule has 0 spiro atoms. The molecule has 1 atom stereocenters. The number of halogens is 3. The molecular formula is C15H12Cl2FNO. The number of alkyl halides is 1. The fourth-order valence-corrected chi connectivity index (χ4v) is 2.23. The topological polar surface area (TPSA) is 29.1 Å². The van der Waals surface area contributed by atoms with Crippen LogP contribution in [-0.2, 0) is 0 Å². The van der Waals surface area contributed by atoms with Crippen molar-refractivity contribution in [1.29, 1.82) is 0 Å². The first kappa shape index (κ1) is 14.8. The number of hydrogen-bond donors (Lipinski definition) is 1. The second-order valence-electron chi connectivity index (χ2n) is 4.26. The standard InChI is InChI=1S/C15H12Cl2FNO/c1-9(16)10-5-2-3-8-13(10)19-15(20)11-6-4-7-12(18)14(11)17/h2-9H,1H3,(H,19,20). The zero-order valence-electron chi connectivity index (χ0n) is 10.7. The van der Waals surface area contributed by atoms with Gasteiger partial charge in [-0.3, -0.25) is 4.79 Å². The summed E-state index contributed by atoms with van der Waals surface area (Å²) >= 11 is 11.9. The van der Waals surface area contributed by atoms with Gasteiger partial charge in [0.15, 0.2) is 0 Å². The van der Waals surface area contributed by atoms with Crippen LogP contribution < -0.4 is 5.32 Å². The molecule has 1 amide bonds. The summed E-state index contributed by atoms with van der Waals surface area (Å²) in [6.45, 7) is 1.81. The Morgan fingerprint density at radius 2 is 1.90 bits per heavy atom. The summed E-state index contributed by atoms with van der Waals surface area (Å²) in [5.41, 5.74) is 1.46. The second-order valence-corrected chi connectivity index (χ2v) is 5.29. The molecule has 5 heteroatoms. The maximum absolute atomic E-state index is 13.4. The molecule has 2 nitrogen and oxygen atoms in total. The number of carbonyl (C=O) groups is 1. The molecule has 0 aliphatic heterocycles. The minimum Gasteiger partial charge on any atom is -0.322 e. The van der Waals surface area contributed by atoms with Gasteiger partial charge in [0.25, 0.3) is 5.91 Å². The molecule has 0 saturated heterocycles. The normalized spacial score (nSPS) is 12.0. The van der Waals surface area contributed by atoms with Gasteiger partial charge in [0, 0.05) is 5.69 Å². The number of carbonyl (C=O) groups excluding carboxylic acids is 1. The van der Waals surface area contributed by atoms with Gasteiger partial charge in [0.1, 0.15) is 5.82 Å². The van der Waals surface area contributed by atoms with Crippen LogP contribution in [0.1, 0.15) is 28.2 Å². The largest absolute Gasteiger partial charge is 0.322 e. The molecule has 20 heavy (non-hydrogen) atoms. The number of rotatable bonds is 3. The molecular weight excluding hydrogens is 300 g/mol. The van der Waals surface area contributed by atoms with E-state index in [-0.39, 0.29) is 16.0 Å². The van der Waals surface area contributed by atoms with E-state index in [1.165, 1.54) is 18.2 Å². The Bertz CT molecular complexity index is 644. The predicted molar refractivity (Wildman–Crippen MR) is 80.1 cm³/mol. The third-order valence-corrected chi connectivity index (χ3v) is 3.45. The van der Waals surface area contributed by atoms with Crippen molar-refractivity contribution in [3.05, 3.63) is 64.4 Å². The van der Waals surface area contributed by atoms with Crippen molar-refractivity contribution >= 4 is 34.8 Å². The van der Waals surface area contributed by atoms with Gasteiger partial charge in [0.2, 0.25) is 0 Å². The van der Waals surface area contributed by atoms with Crippen molar-refractivity contribution in [2.75, 3.05) is 5.32 Å². The Labute approximate surface area is 126 Å². The SMILES string of the molecule is CC(Cl)c1ccccc1NC(=O)c1cccc(F)c1Cl. The first-order valence-corrected chi connectivity index (χ1v) is 6.80. The van der Waals surface area contributed by atoms with Crippen molar-refractivity contribution in [1.82, 2.24) is 0 Å². The lowest BCUT2D eigenvalue weighted by Gasteiger charge is -2.13. The van der Waals surface area contributed by atoms with E-state index in [2.05, 4.69) is 5.32 Å². The Balaban J connectivity index is 2.31. The monoisotopic (exact) mass is 311 g/mol. The van der Waals surface area contributed by atoms with E-state index >= 15 is 0 Å². The van der Waals surface area contributed by atoms with E-state index in [0.717, 1.165) is 5.56 Å². The van der Waals surface area contributed by atoms with Crippen molar-refractivity contribution in [2.45, 2.75) is 12.3 Å². The summed E-state index contributed by atoms with van der Waals surface area (Å²) in [4.78, 5) is 12.2. The summed E-state index contributed by atoms with van der Waals surface area (Å²) in [5, 5.41) is 2.25. The predicted octanol–water partition coefficient (Wildman–Crippen LogP) is 5.03. The highest BCUT2D eigenvalue weighted by Gasteiger charge is 2.15. The molecule has 0 heterocycles. The van der Waals surface area contributed by atoms with Crippen LogP contribution in [0.4, 0.5) is 10.1 Å². The van der Waals surface area contributed by atoms with Crippen molar-refractivity contribution in [3.63, 3.8) is 0 Å². The van der Waals surface area contributed by atoms with Gasteiger partial charge in [0.05, 0.1) is 16.0 Å². The smallest absolute Gasteiger partial charge is 0.257 e. The highest BCUT2D eigenvalue weighted by molar-refractivity contribution is 6.34. The quantitative estimate of drug-likeness (QED) is 0.791. The lowest BCUT2D eigenvalue weighted by molar-refractivity contribution is 0.102. The van der Waals surface area contributed by atoms with Gasteiger partial charge in [-0.05, 0) is 30.7 Å². The van der Waals surface area contributed by atoms with E-state index in [0.29, 0.717) is 5.69 Å². The van der Waals surface area contributed by atoms with E-state index in [1.807, 2.05) is 19.1 Å². The van der Waals surface area contributed by atoms with Gasteiger partial charge >= 0.3 is 0 Å². The summed E-state index contributed by atoms with van der Waals surface area (Å²) < 4.78 is 13.4. The van der Waals surface area contributed by atoms with Gasteiger partial charge in [-0.2, -0.15) is 0 Å². The average molecular weight is 312 g/mol. The molecule has 0 bridgehead atoms. The summed E-state index contributed by atoms with van der Waals surface area (Å²) in [7, 11) is 0. The van der Waals surface area contributed by atoms with Crippen LogP contribution in [-0.4, -0.2) is 5.91 Å². The van der Waals surface area contributed by atoms with Crippen LogP contribution in [0, 0.1) is 5.82 Å². The van der Waals surface area contributed by atoms with Gasteiger partial charge in [-0.25, -0.2) is 4.39 Å². The highest BCUT2D eigenvalue weighted by Crippen LogP contribution is 2.28. The molecule has 0 aromatic heterocycles. The van der Waals surface area contributed by atoms with Crippen LogP contribution in [0.15, 0.2) is 42.5 Å². The number of amides is 1. The van der Waals surface area contributed by atoms with Crippen LogP contribution in [0.5, 0.6) is 0 Å². The maximum atomic E-state index is 13.4. The number of hydrogen-bond acceptors (Lipinski definition) is 1. The van der Waals surface area contributed by atoms with E-state index in [9.17, 15) is 9.18 Å². The fraction of sp³-hybridized carbons (Fsp3) is 0.133. The van der Waals surface area contributed by atoms with E-state index in [4.69, 9.17) is 23.2 Å². The van der Waals surface area contributed by atoms with Gasteiger partial charge in [-0.1, -0.05) is 35.9 Å². The molecule has 1 unspecified atom stereocenters. The highest BCUT2D eigenvalue weighted by atomic mass is 35.5. The Kier molecular flexibility index (Phi) is 4.63. The van der Waals surface area contributed by atoms with Crippen LogP contribution >= 0.6 is 23.2 Å². The van der Waals surface area contributed by atoms with Crippen LogP contribution in [0.25, 0.3) is 0 Å². The Morgan fingerprint density at radius 1 is 1.20 bits per heavy atom. The van der Waals surface area contributed by atoms with E-state index < -0.39 is 11.7 Å². The zero-order chi connectivity index (χ0) is 14.7. The minimum absolute atomic E-state index is 0.0868. The summed E-state index contributed by atoms with van der Waals surface area (Å²) in [5.74, 6) is -1.10. The zero-order valence-corrected chi connectivity index (χ0v) is 12.2. The first-order valence-electron chi connectivity index (χ1n) is 5.99. The van der Waals surface area contributed by atoms with Crippen LogP contribution in [0.3, 0.4) is 0 Å². The molecule has 2 aromatic carbocycles. The molecule has 0 radical (unpaired) electrons. The first-order chi connectivity index (χ1) is 9.50. The summed E-state index contributed by atoms with van der Waals surface area (Å²) in [6.07, 6.45) is 0. The lowest BCUT2D eigenvalue weighted by Crippen LogP contribution is -2.14. The molecule has 104 valence electrons. The van der Waals surface area contributed by atoms with Crippen molar-refractivity contribution in [3.8, 4) is 0 Å². The van der Waals surface area contributed by atoms with E-state index in [1.54, 1.807) is 12.1 Å². The fourth-order valence-electron chi connectivity index (χ4n) is 1.83. The average Bonchev–Trinajstić information content (AvgIpc) is 2.42. The molecule has 2 rings (SSSR count). The van der Waals surface area contributed by atoms with Crippen molar-refractivity contribution < 1.29 is 9.18 Å². The molecule has 0 aliphatic carbocycles. The van der Waals surface area contributed by atoms with Gasteiger partial charge in [-0.15, -0.1) is 11.6 Å².